The molecule has 116 valence electrons. The van der Waals surface area contributed by atoms with E-state index >= 15 is 0 Å². The third-order valence-electron chi connectivity index (χ3n) is 3.50. The van der Waals surface area contributed by atoms with Gasteiger partial charge in [-0.1, -0.05) is 6.07 Å². The summed E-state index contributed by atoms with van der Waals surface area (Å²) in [7, 11) is 0. The van der Waals surface area contributed by atoms with Crippen molar-refractivity contribution in [2.24, 2.45) is 0 Å². The van der Waals surface area contributed by atoms with Gasteiger partial charge in [0, 0.05) is 36.1 Å². The summed E-state index contributed by atoms with van der Waals surface area (Å²) in [6.45, 7) is 2.55. The maximum atomic E-state index is 11.8. The molecule has 0 aliphatic carbocycles. The van der Waals surface area contributed by atoms with Crippen molar-refractivity contribution in [2.45, 2.75) is 32.7 Å². The van der Waals surface area contributed by atoms with E-state index in [9.17, 15) is 9.59 Å². The molecular formula is C17H21N3O2. The number of nitrogens with one attached hydrogen (secondary N) is 1. The fourth-order valence-electron chi connectivity index (χ4n) is 2.26. The first-order chi connectivity index (χ1) is 10.6. The van der Waals surface area contributed by atoms with Crippen LogP contribution in [0.2, 0.25) is 0 Å². The van der Waals surface area contributed by atoms with Gasteiger partial charge in [0.15, 0.2) is 0 Å². The SMILES string of the molecule is Cc1cccc(=O)n1CCCCC(=O)Nc1ccc(N)cc1. The molecule has 5 nitrogen and oxygen atoms in total. The second-order valence-corrected chi connectivity index (χ2v) is 5.28. The van der Waals surface area contributed by atoms with Crippen LogP contribution in [0.25, 0.3) is 0 Å². The summed E-state index contributed by atoms with van der Waals surface area (Å²) in [4.78, 5) is 23.5. The smallest absolute Gasteiger partial charge is 0.250 e. The Kier molecular flexibility index (Phi) is 5.36. The predicted octanol–water partition coefficient (Wildman–Crippen LogP) is 2.55. The largest absolute Gasteiger partial charge is 0.399 e. The lowest BCUT2D eigenvalue weighted by atomic mass is 10.2. The van der Waals surface area contributed by atoms with E-state index in [4.69, 9.17) is 5.73 Å². The first-order valence-electron chi connectivity index (χ1n) is 7.38. The van der Waals surface area contributed by atoms with Crippen LogP contribution in [0.5, 0.6) is 0 Å². The maximum absolute atomic E-state index is 11.8. The Bertz CT molecular complexity index is 690. The van der Waals surface area contributed by atoms with Crippen LogP contribution in [-0.2, 0) is 11.3 Å². The summed E-state index contributed by atoms with van der Waals surface area (Å²) in [5.74, 6) is -0.0260. The van der Waals surface area contributed by atoms with E-state index in [0.717, 1.165) is 24.2 Å². The van der Waals surface area contributed by atoms with Crippen molar-refractivity contribution in [3.05, 3.63) is 58.5 Å². The van der Waals surface area contributed by atoms with Crippen LogP contribution in [0.1, 0.15) is 25.0 Å². The number of pyridine rings is 1. The first kappa shape index (κ1) is 15.8. The lowest BCUT2D eigenvalue weighted by molar-refractivity contribution is -0.116. The summed E-state index contributed by atoms with van der Waals surface area (Å²) in [6.07, 6.45) is 1.96. The molecule has 22 heavy (non-hydrogen) atoms. The van der Waals surface area contributed by atoms with Crippen LogP contribution >= 0.6 is 0 Å². The third-order valence-corrected chi connectivity index (χ3v) is 3.50. The average molecular weight is 299 g/mol. The van der Waals surface area contributed by atoms with Crippen molar-refractivity contribution in [2.75, 3.05) is 11.1 Å². The van der Waals surface area contributed by atoms with E-state index in [-0.39, 0.29) is 11.5 Å². The summed E-state index contributed by atoms with van der Waals surface area (Å²) in [5.41, 5.74) is 7.96. The Hall–Kier alpha value is -2.56. The van der Waals surface area contributed by atoms with E-state index in [1.807, 2.05) is 13.0 Å². The standard InChI is InChI=1S/C17H21N3O2/c1-13-5-4-7-17(22)20(13)12-3-2-6-16(21)19-15-10-8-14(18)9-11-15/h4-5,7-11H,2-3,6,12,18H2,1H3,(H,19,21). The zero-order valence-corrected chi connectivity index (χ0v) is 12.7. The number of nitrogen functional groups attached to an aromatic ring is 1. The highest BCUT2D eigenvalue weighted by Gasteiger charge is 2.03. The number of carbonyl (C=O) groups is 1. The minimum atomic E-state index is -0.0260. The normalized spacial score (nSPS) is 10.4. The van der Waals surface area contributed by atoms with E-state index in [2.05, 4.69) is 5.32 Å². The molecule has 0 aliphatic rings. The van der Waals surface area contributed by atoms with Gasteiger partial charge in [-0.2, -0.15) is 0 Å². The number of carbonyl (C=O) groups excluding carboxylic acids is 1. The highest BCUT2D eigenvalue weighted by molar-refractivity contribution is 5.90. The number of nitrogens with two attached hydrogens (primary N) is 1. The molecule has 2 rings (SSSR count). The van der Waals surface area contributed by atoms with Gasteiger partial charge in [-0.15, -0.1) is 0 Å². The van der Waals surface area contributed by atoms with Gasteiger partial charge in [-0.3, -0.25) is 9.59 Å². The summed E-state index contributed by atoms with van der Waals surface area (Å²) in [5, 5.41) is 2.83. The zero-order chi connectivity index (χ0) is 15.9. The number of aryl methyl sites for hydroxylation is 1. The zero-order valence-electron chi connectivity index (χ0n) is 12.7. The number of nitrogens with zero attached hydrogens (tertiary/aromatic N) is 1. The van der Waals surface area contributed by atoms with Crippen molar-refractivity contribution in [1.82, 2.24) is 4.57 Å². The first-order valence-corrected chi connectivity index (χ1v) is 7.38. The van der Waals surface area contributed by atoms with Crippen LogP contribution in [0, 0.1) is 6.92 Å². The van der Waals surface area contributed by atoms with E-state index in [0.29, 0.717) is 18.7 Å². The molecule has 0 saturated heterocycles. The van der Waals surface area contributed by atoms with Crippen LogP contribution in [-0.4, -0.2) is 10.5 Å². The van der Waals surface area contributed by atoms with E-state index < -0.39 is 0 Å². The Morgan fingerprint density at radius 3 is 2.55 bits per heavy atom. The van der Waals surface area contributed by atoms with Crippen LogP contribution in [0.15, 0.2) is 47.3 Å². The number of hydrogen-bond donors (Lipinski definition) is 2. The predicted molar refractivity (Wildman–Crippen MR) is 88.8 cm³/mol. The van der Waals surface area contributed by atoms with E-state index in [1.165, 1.54) is 0 Å². The Labute approximate surface area is 129 Å². The molecule has 0 saturated carbocycles. The average Bonchev–Trinajstić information content (AvgIpc) is 2.48. The molecule has 1 aromatic carbocycles. The van der Waals surface area contributed by atoms with Crippen molar-refractivity contribution in [3.63, 3.8) is 0 Å². The number of hydrogen-bond acceptors (Lipinski definition) is 3. The molecule has 0 radical (unpaired) electrons. The number of benzene rings is 1. The monoisotopic (exact) mass is 299 g/mol. The molecule has 0 atom stereocenters. The molecule has 2 aromatic rings. The third kappa shape index (κ3) is 4.48. The van der Waals surface area contributed by atoms with Crippen LogP contribution in [0.4, 0.5) is 11.4 Å². The number of amides is 1. The number of aromatic nitrogens is 1. The van der Waals surface area contributed by atoms with Crippen molar-refractivity contribution in [1.29, 1.82) is 0 Å². The van der Waals surface area contributed by atoms with Crippen molar-refractivity contribution >= 4 is 17.3 Å². The molecule has 0 fully saturated rings. The van der Waals surface area contributed by atoms with Gasteiger partial charge in [-0.25, -0.2) is 0 Å². The van der Waals surface area contributed by atoms with Gasteiger partial charge in [0.25, 0.3) is 5.56 Å². The molecule has 1 aromatic heterocycles. The van der Waals surface area contributed by atoms with Crippen LogP contribution in [0.3, 0.4) is 0 Å². The molecule has 0 aliphatic heterocycles. The lowest BCUT2D eigenvalue weighted by Crippen LogP contribution is -2.21. The van der Waals surface area contributed by atoms with Gasteiger partial charge < -0.3 is 15.6 Å². The number of unbranched alkanes of at least 4 members (excludes halogenated alkanes) is 1. The summed E-state index contributed by atoms with van der Waals surface area (Å²) in [6, 6.07) is 12.3. The van der Waals surface area contributed by atoms with Crippen molar-refractivity contribution in [3.8, 4) is 0 Å². The Morgan fingerprint density at radius 1 is 1.14 bits per heavy atom. The molecule has 0 spiro atoms. The second kappa shape index (κ2) is 7.45. The molecular weight excluding hydrogens is 278 g/mol. The summed E-state index contributed by atoms with van der Waals surface area (Å²) < 4.78 is 1.73. The number of rotatable bonds is 6. The van der Waals surface area contributed by atoms with Crippen molar-refractivity contribution < 1.29 is 4.79 Å². The fourth-order valence-corrected chi connectivity index (χ4v) is 2.26. The molecule has 5 heteroatoms. The Balaban J connectivity index is 1.75. The highest BCUT2D eigenvalue weighted by atomic mass is 16.1. The fraction of sp³-hybridized carbons (Fsp3) is 0.294. The summed E-state index contributed by atoms with van der Waals surface area (Å²) >= 11 is 0. The van der Waals surface area contributed by atoms with E-state index in [1.54, 1.807) is 41.0 Å². The lowest BCUT2D eigenvalue weighted by Gasteiger charge is -2.09. The van der Waals surface area contributed by atoms with Gasteiger partial charge in [0.05, 0.1) is 0 Å². The topological polar surface area (TPSA) is 77.1 Å². The molecule has 0 unspecified atom stereocenters. The second-order valence-electron chi connectivity index (χ2n) is 5.28. The van der Waals surface area contributed by atoms with Gasteiger partial charge in [0.1, 0.15) is 0 Å². The quantitative estimate of drug-likeness (QED) is 0.635. The van der Waals surface area contributed by atoms with Gasteiger partial charge in [-0.05, 0) is 50.1 Å². The molecule has 1 amide bonds. The Morgan fingerprint density at radius 2 is 1.86 bits per heavy atom. The molecule has 0 bridgehead atoms. The highest BCUT2D eigenvalue weighted by Crippen LogP contribution is 2.11. The minimum absolute atomic E-state index is 0.00586. The van der Waals surface area contributed by atoms with Gasteiger partial charge >= 0.3 is 0 Å². The minimum Gasteiger partial charge on any atom is -0.399 e. The van der Waals surface area contributed by atoms with Crippen LogP contribution < -0.4 is 16.6 Å². The van der Waals surface area contributed by atoms with Gasteiger partial charge in [0.2, 0.25) is 5.91 Å². The number of anilines is 2. The molecule has 1 heterocycles. The maximum Gasteiger partial charge on any atom is 0.250 e. The molecule has 3 N–H and O–H groups in total.